The van der Waals surface area contributed by atoms with E-state index in [0.29, 0.717) is 10.7 Å². The van der Waals surface area contributed by atoms with E-state index in [1.54, 1.807) is 30.5 Å². The van der Waals surface area contributed by atoms with Crippen molar-refractivity contribution in [2.45, 2.75) is 19.4 Å². The minimum absolute atomic E-state index is 0.117. The molecule has 2 amide bonds. The number of carbonyl (C=O) groups is 2. The third-order valence-electron chi connectivity index (χ3n) is 2.82. The van der Waals surface area contributed by atoms with Gasteiger partial charge in [-0.25, -0.2) is 0 Å². The number of H-pyrrole nitrogens is 1. The van der Waals surface area contributed by atoms with E-state index in [1.165, 1.54) is 13.1 Å². The fourth-order valence-electron chi connectivity index (χ4n) is 1.91. The van der Waals surface area contributed by atoms with E-state index >= 15 is 0 Å². The van der Waals surface area contributed by atoms with Gasteiger partial charge in [-0.1, -0.05) is 23.7 Å². The first kappa shape index (κ1) is 15.1. The number of hydrogen-bond donors (Lipinski definition) is 3. The largest absolute Gasteiger partial charge is 0.349 e. The van der Waals surface area contributed by atoms with Gasteiger partial charge in [0.1, 0.15) is 0 Å². The summed E-state index contributed by atoms with van der Waals surface area (Å²) in [6.45, 7) is 1.41. The van der Waals surface area contributed by atoms with Crippen molar-refractivity contribution in [1.29, 1.82) is 0 Å². The Balaban J connectivity index is 2.07. The molecule has 2 rings (SSSR count). The summed E-state index contributed by atoms with van der Waals surface area (Å²) in [5.41, 5.74) is 1.40. The molecule has 1 atom stereocenters. The second-order valence-electron chi connectivity index (χ2n) is 4.54. The average Bonchev–Trinajstić information content (AvgIpc) is 2.91. The van der Waals surface area contributed by atoms with Crippen LogP contribution in [0.25, 0.3) is 0 Å². The van der Waals surface area contributed by atoms with E-state index in [4.69, 9.17) is 11.6 Å². The highest BCUT2D eigenvalue weighted by Crippen LogP contribution is 2.20. The van der Waals surface area contributed by atoms with Crippen molar-refractivity contribution in [3.05, 3.63) is 47.2 Å². The van der Waals surface area contributed by atoms with Gasteiger partial charge in [0.25, 0.3) is 0 Å². The van der Waals surface area contributed by atoms with E-state index < -0.39 is 6.04 Å². The molecule has 6 nitrogen and oxygen atoms in total. The summed E-state index contributed by atoms with van der Waals surface area (Å²) >= 11 is 5.85. The highest BCUT2D eigenvalue weighted by Gasteiger charge is 2.17. The molecule has 1 aromatic heterocycles. The quantitative estimate of drug-likeness (QED) is 0.792. The Kier molecular flexibility index (Phi) is 4.94. The van der Waals surface area contributed by atoms with Gasteiger partial charge in [0, 0.05) is 18.1 Å². The number of aromatic nitrogens is 2. The van der Waals surface area contributed by atoms with Crippen molar-refractivity contribution in [1.82, 2.24) is 15.5 Å². The molecule has 0 aliphatic rings. The predicted octanol–water partition coefficient (Wildman–Crippen LogP) is 2.27. The average molecular weight is 307 g/mol. The second kappa shape index (κ2) is 6.90. The summed E-state index contributed by atoms with van der Waals surface area (Å²) in [4.78, 5) is 23.3. The molecule has 0 fully saturated rings. The molecule has 0 unspecified atom stereocenters. The molecule has 0 bridgehead atoms. The Morgan fingerprint density at radius 2 is 2.05 bits per heavy atom. The van der Waals surface area contributed by atoms with Crippen LogP contribution < -0.4 is 10.6 Å². The Morgan fingerprint density at radius 1 is 1.33 bits per heavy atom. The summed E-state index contributed by atoms with van der Waals surface area (Å²) in [6.07, 6.45) is 3.20. The van der Waals surface area contributed by atoms with Crippen molar-refractivity contribution in [2.75, 3.05) is 5.32 Å². The Morgan fingerprint density at radius 3 is 2.62 bits per heavy atom. The smallest absolute Gasteiger partial charge is 0.226 e. The van der Waals surface area contributed by atoms with Crippen LogP contribution in [0.5, 0.6) is 0 Å². The minimum Gasteiger partial charge on any atom is -0.349 e. The lowest BCUT2D eigenvalue weighted by atomic mass is 10.0. The maximum absolute atomic E-state index is 12.0. The Bertz CT molecular complexity index is 610. The molecule has 2 aromatic rings. The third kappa shape index (κ3) is 4.61. The number of anilines is 1. The summed E-state index contributed by atoms with van der Waals surface area (Å²) in [5.74, 6) is -0.420. The maximum Gasteiger partial charge on any atom is 0.226 e. The molecule has 7 heteroatoms. The third-order valence-corrected chi connectivity index (χ3v) is 3.07. The van der Waals surface area contributed by atoms with Crippen molar-refractivity contribution in [2.24, 2.45) is 0 Å². The molecule has 0 aliphatic carbocycles. The maximum atomic E-state index is 12.0. The highest BCUT2D eigenvalue weighted by molar-refractivity contribution is 6.30. The van der Waals surface area contributed by atoms with Crippen LogP contribution in [-0.4, -0.2) is 22.0 Å². The number of amides is 2. The Hall–Kier alpha value is -2.34. The number of rotatable bonds is 5. The predicted molar refractivity (Wildman–Crippen MR) is 79.8 cm³/mol. The number of nitrogens with one attached hydrogen (secondary N) is 3. The molecule has 0 saturated carbocycles. The molecule has 0 saturated heterocycles. The van der Waals surface area contributed by atoms with E-state index in [-0.39, 0.29) is 18.2 Å². The van der Waals surface area contributed by atoms with Gasteiger partial charge in [-0.3, -0.25) is 14.7 Å². The van der Waals surface area contributed by atoms with Crippen molar-refractivity contribution in [3.8, 4) is 0 Å². The van der Waals surface area contributed by atoms with Gasteiger partial charge >= 0.3 is 0 Å². The zero-order valence-electron chi connectivity index (χ0n) is 11.4. The standard InChI is InChI=1S/C14H15ClN4O2/c1-9(20)18-13(10-2-4-11(15)5-3-10)6-14(21)19-12-7-16-17-8-12/h2-5,7-8,13H,6H2,1H3,(H,16,17)(H,18,20)(H,19,21)/t13-/m0/s1. The van der Waals surface area contributed by atoms with Crippen molar-refractivity contribution >= 4 is 29.1 Å². The van der Waals surface area contributed by atoms with Crippen molar-refractivity contribution < 1.29 is 9.59 Å². The molecule has 1 heterocycles. The van der Waals surface area contributed by atoms with Crippen LogP contribution in [0.15, 0.2) is 36.7 Å². The van der Waals surface area contributed by atoms with Crippen LogP contribution in [0.1, 0.15) is 24.9 Å². The molecule has 3 N–H and O–H groups in total. The van der Waals surface area contributed by atoms with Gasteiger partial charge in [0.15, 0.2) is 0 Å². The molecular formula is C14H15ClN4O2. The van der Waals surface area contributed by atoms with E-state index in [9.17, 15) is 9.59 Å². The summed E-state index contributed by atoms with van der Waals surface area (Å²) in [7, 11) is 0. The van der Waals surface area contributed by atoms with Crippen molar-refractivity contribution in [3.63, 3.8) is 0 Å². The summed E-state index contributed by atoms with van der Waals surface area (Å²) in [6, 6.07) is 6.60. The highest BCUT2D eigenvalue weighted by atomic mass is 35.5. The van der Waals surface area contributed by atoms with Gasteiger partial charge in [-0.15, -0.1) is 0 Å². The van der Waals surface area contributed by atoms with Gasteiger partial charge in [-0.2, -0.15) is 5.10 Å². The van der Waals surface area contributed by atoms with Crippen LogP contribution in [0.3, 0.4) is 0 Å². The second-order valence-corrected chi connectivity index (χ2v) is 4.98. The first-order chi connectivity index (χ1) is 10.0. The van der Waals surface area contributed by atoms with Gasteiger partial charge < -0.3 is 10.6 Å². The molecule has 110 valence electrons. The van der Waals surface area contributed by atoms with Gasteiger partial charge in [-0.05, 0) is 17.7 Å². The number of carbonyl (C=O) groups excluding carboxylic acids is 2. The fourth-order valence-corrected chi connectivity index (χ4v) is 2.04. The van der Waals surface area contributed by atoms with Crippen LogP contribution >= 0.6 is 11.6 Å². The first-order valence-electron chi connectivity index (χ1n) is 6.36. The molecule has 0 aliphatic heterocycles. The molecule has 0 radical (unpaired) electrons. The number of benzene rings is 1. The fraction of sp³-hybridized carbons (Fsp3) is 0.214. The SMILES string of the molecule is CC(=O)N[C@@H](CC(=O)Nc1cn[nH]c1)c1ccc(Cl)cc1. The van der Waals surface area contributed by atoms with Crippen LogP contribution in [0.4, 0.5) is 5.69 Å². The van der Waals surface area contributed by atoms with Crippen LogP contribution in [-0.2, 0) is 9.59 Å². The number of aromatic amines is 1. The van der Waals surface area contributed by atoms with Crippen LogP contribution in [0, 0.1) is 0 Å². The monoisotopic (exact) mass is 306 g/mol. The lowest BCUT2D eigenvalue weighted by Gasteiger charge is -2.18. The zero-order chi connectivity index (χ0) is 15.2. The summed E-state index contributed by atoms with van der Waals surface area (Å²) < 4.78 is 0. The number of nitrogens with zero attached hydrogens (tertiary/aromatic N) is 1. The minimum atomic E-state index is -0.410. The van der Waals surface area contributed by atoms with E-state index in [0.717, 1.165) is 5.56 Å². The number of hydrogen-bond acceptors (Lipinski definition) is 3. The summed E-state index contributed by atoms with van der Waals surface area (Å²) in [5, 5.41) is 12.4. The van der Waals surface area contributed by atoms with E-state index in [1.807, 2.05) is 0 Å². The van der Waals surface area contributed by atoms with Crippen LogP contribution in [0.2, 0.25) is 5.02 Å². The molecule has 1 aromatic carbocycles. The lowest BCUT2D eigenvalue weighted by Crippen LogP contribution is -2.29. The normalized spacial score (nSPS) is 11.7. The van der Waals surface area contributed by atoms with Gasteiger partial charge in [0.05, 0.1) is 24.3 Å². The van der Waals surface area contributed by atoms with E-state index in [2.05, 4.69) is 20.8 Å². The Labute approximate surface area is 126 Å². The topological polar surface area (TPSA) is 86.9 Å². The zero-order valence-corrected chi connectivity index (χ0v) is 12.1. The first-order valence-corrected chi connectivity index (χ1v) is 6.73. The lowest BCUT2D eigenvalue weighted by molar-refractivity contribution is -0.120. The molecular weight excluding hydrogens is 292 g/mol. The molecule has 21 heavy (non-hydrogen) atoms. The number of halogens is 1. The molecule has 0 spiro atoms. The van der Waals surface area contributed by atoms with Gasteiger partial charge in [0.2, 0.25) is 11.8 Å².